The Kier molecular flexibility index (Phi) is 3.97. The Balaban J connectivity index is 3.05. The fraction of sp³-hybridized carbons (Fsp3) is 0.286. The molecule has 76 valence electrons. The molecule has 4 nitrogen and oxygen atoms in total. The number of hydrogen-bond acceptors (Lipinski definition) is 5. The van der Waals surface area contributed by atoms with Gasteiger partial charge in [-0.1, -0.05) is 23.2 Å². The summed E-state index contributed by atoms with van der Waals surface area (Å²) in [5.41, 5.74) is 0.377. The quantitative estimate of drug-likeness (QED) is 0.646. The number of rotatable bonds is 2. The molecule has 1 atom stereocenters. The highest BCUT2D eigenvalue weighted by molar-refractivity contribution is 7.81. The van der Waals surface area contributed by atoms with E-state index in [1.165, 1.54) is 13.2 Å². The molecule has 0 bridgehead atoms. The molecule has 0 aliphatic rings. The van der Waals surface area contributed by atoms with E-state index in [1.807, 2.05) is 0 Å². The molecule has 0 spiro atoms. The summed E-state index contributed by atoms with van der Waals surface area (Å²) < 4.78 is 4.50. The van der Waals surface area contributed by atoms with Gasteiger partial charge in [0, 0.05) is 5.56 Å². The van der Waals surface area contributed by atoms with E-state index in [4.69, 9.17) is 23.2 Å². The van der Waals surface area contributed by atoms with Crippen molar-refractivity contribution in [1.29, 1.82) is 0 Å². The molecule has 1 aromatic heterocycles. The molecule has 1 heterocycles. The highest BCUT2D eigenvalue weighted by atomic mass is 35.5. The van der Waals surface area contributed by atoms with Crippen molar-refractivity contribution in [3.05, 3.63) is 21.9 Å². The zero-order valence-corrected chi connectivity index (χ0v) is 9.48. The van der Waals surface area contributed by atoms with Crippen LogP contribution in [-0.4, -0.2) is 23.3 Å². The molecule has 1 unspecified atom stereocenters. The smallest absolute Gasteiger partial charge is 0.323 e. The van der Waals surface area contributed by atoms with Gasteiger partial charge >= 0.3 is 5.97 Å². The van der Waals surface area contributed by atoms with Crippen LogP contribution in [0.2, 0.25) is 10.3 Å². The first-order valence-electron chi connectivity index (χ1n) is 3.50. The fourth-order valence-corrected chi connectivity index (χ4v) is 1.53. The molecule has 0 fully saturated rings. The van der Waals surface area contributed by atoms with Gasteiger partial charge in [0.05, 0.1) is 7.11 Å². The van der Waals surface area contributed by atoms with Crippen LogP contribution < -0.4 is 0 Å². The third-order valence-electron chi connectivity index (χ3n) is 1.47. The number of hydrogen-bond donors (Lipinski definition) is 1. The van der Waals surface area contributed by atoms with E-state index in [1.54, 1.807) is 0 Å². The van der Waals surface area contributed by atoms with E-state index < -0.39 is 11.2 Å². The lowest BCUT2D eigenvalue weighted by Crippen LogP contribution is -2.10. The minimum atomic E-state index is -0.805. The first-order chi connectivity index (χ1) is 6.56. The van der Waals surface area contributed by atoms with Gasteiger partial charge in [0.15, 0.2) is 10.3 Å². The third kappa shape index (κ3) is 2.50. The molecular weight excluding hydrogens is 247 g/mol. The predicted octanol–water partition coefficient (Wildman–Crippen LogP) is 1.93. The van der Waals surface area contributed by atoms with E-state index in [-0.39, 0.29) is 10.3 Å². The number of esters is 1. The van der Waals surface area contributed by atoms with E-state index in [0.29, 0.717) is 5.56 Å². The number of ether oxygens (including phenoxy) is 1. The number of carbonyl (C=O) groups is 1. The van der Waals surface area contributed by atoms with E-state index in [9.17, 15) is 4.79 Å². The standard InChI is InChI=1S/C7H6Cl2N2O2S/c1-13-7(12)5(14)3-2-4(8)10-11-6(3)9/h2,5,14H,1H3. The molecule has 7 heteroatoms. The van der Waals surface area contributed by atoms with Crippen LogP contribution in [0.15, 0.2) is 6.07 Å². The maximum absolute atomic E-state index is 11.1. The second-order valence-electron chi connectivity index (χ2n) is 2.34. The Bertz CT molecular complexity index is 362. The van der Waals surface area contributed by atoms with Crippen molar-refractivity contribution in [2.75, 3.05) is 7.11 Å². The average molecular weight is 253 g/mol. The van der Waals surface area contributed by atoms with E-state index in [0.717, 1.165) is 0 Å². The minimum Gasteiger partial charge on any atom is -0.468 e. The van der Waals surface area contributed by atoms with Gasteiger partial charge in [-0.05, 0) is 6.07 Å². The largest absolute Gasteiger partial charge is 0.468 e. The van der Waals surface area contributed by atoms with Crippen molar-refractivity contribution in [3.8, 4) is 0 Å². The Labute approximate surface area is 96.0 Å². The fourth-order valence-electron chi connectivity index (χ4n) is 0.796. The number of halogens is 2. The lowest BCUT2D eigenvalue weighted by Gasteiger charge is -2.09. The van der Waals surface area contributed by atoms with Crippen LogP contribution in [0.25, 0.3) is 0 Å². The van der Waals surface area contributed by atoms with Gasteiger partial charge < -0.3 is 4.74 Å². The number of aromatic nitrogens is 2. The highest BCUT2D eigenvalue weighted by Gasteiger charge is 2.21. The van der Waals surface area contributed by atoms with Gasteiger partial charge in [0.1, 0.15) is 5.25 Å². The molecule has 0 aliphatic carbocycles. The summed E-state index contributed by atoms with van der Waals surface area (Å²) in [6.45, 7) is 0. The van der Waals surface area contributed by atoms with Gasteiger partial charge in [-0.15, -0.1) is 10.2 Å². The van der Waals surface area contributed by atoms with Crippen molar-refractivity contribution in [2.45, 2.75) is 5.25 Å². The number of thiol groups is 1. The second kappa shape index (κ2) is 4.82. The zero-order valence-electron chi connectivity index (χ0n) is 7.07. The Morgan fingerprint density at radius 1 is 1.57 bits per heavy atom. The summed E-state index contributed by atoms with van der Waals surface area (Å²) in [6.07, 6.45) is 0. The van der Waals surface area contributed by atoms with Crippen molar-refractivity contribution < 1.29 is 9.53 Å². The molecule has 1 rings (SSSR count). The SMILES string of the molecule is COC(=O)C(S)c1cc(Cl)nnc1Cl. The molecule has 0 saturated carbocycles. The number of nitrogens with zero attached hydrogens (tertiary/aromatic N) is 2. The van der Waals surface area contributed by atoms with Gasteiger partial charge in [0.25, 0.3) is 0 Å². The summed E-state index contributed by atoms with van der Waals surface area (Å²) in [4.78, 5) is 11.1. The van der Waals surface area contributed by atoms with Crippen molar-refractivity contribution >= 4 is 41.8 Å². The van der Waals surface area contributed by atoms with Crippen LogP contribution >= 0.6 is 35.8 Å². The van der Waals surface area contributed by atoms with Crippen LogP contribution in [0.1, 0.15) is 10.8 Å². The summed E-state index contributed by atoms with van der Waals surface area (Å²) in [7, 11) is 1.26. The number of carbonyl (C=O) groups excluding carboxylic acids is 1. The third-order valence-corrected chi connectivity index (χ3v) is 2.43. The lowest BCUT2D eigenvalue weighted by atomic mass is 10.2. The Hall–Kier alpha value is -0.520. The molecule has 0 aromatic carbocycles. The lowest BCUT2D eigenvalue weighted by molar-refractivity contribution is -0.140. The maximum Gasteiger partial charge on any atom is 0.323 e. The van der Waals surface area contributed by atoms with E-state index in [2.05, 4.69) is 27.6 Å². The first-order valence-corrected chi connectivity index (χ1v) is 4.78. The normalized spacial score (nSPS) is 12.3. The first kappa shape index (κ1) is 11.6. The van der Waals surface area contributed by atoms with Gasteiger partial charge in [-0.3, -0.25) is 4.79 Å². The Morgan fingerprint density at radius 3 is 2.79 bits per heavy atom. The highest BCUT2D eigenvalue weighted by Crippen LogP contribution is 2.27. The minimum absolute atomic E-state index is 0.0831. The van der Waals surface area contributed by atoms with Crippen LogP contribution in [-0.2, 0) is 9.53 Å². The average Bonchev–Trinajstić information content (AvgIpc) is 2.19. The Morgan fingerprint density at radius 2 is 2.21 bits per heavy atom. The molecule has 0 saturated heterocycles. The molecule has 1 aromatic rings. The summed E-state index contributed by atoms with van der Waals surface area (Å²) in [5, 5.41) is 6.47. The topological polar surface area (TPSA) is 52.1 Å². The zero-order chi connectivity index (χ0) is 10.7. The van der Waals surface area contributed by atoms with Crippen molar-refractivity contribution in [2.24, 2.45) is 0 Å². The molecule has 0 amide bonds. The van der Waals surface area contributed by atoms with Crippen LogP contribution in [0, 0.1) is 0 Å². The monoisotopic (exact) mass is 252 g/mol. The van der Waals surface area contributed by atoms with Gasteiger partial charge in [-0.25, -0.2) is 0 Å². The van der Waals surface area contributed by atoms with Crippen molar-refractivity contribution in [1.82, 2.24) is 10.2 Å². The van der Waals surface area contributed by atoms with Crippen LogP contribution in [0.3, 0.4) is 0 Å². The second-order valence-corrected chi connectivity index (χ2v) is 3.60. The molecular formula is C7H6Cl2N2O2S. The van der Waals surface area contributed by atoms with Gasteiger partial charge in [0.2, 0.25) is 0 Å². The van der Waals surface area contributed by atoms with E-state index >= 15 is 0 Å². The molecule has 0 radical (unpaired) electrons. The summed E-state index contributed by atoms with van der Waals surface area (Å²) in [5.74, 6) is -0.528. The van der Waals surface area contributed by atoms with Crippen molar-refractivity contribution in [3.63, 3.8) is 0 Å². The summed E-state index contributed by atoms with van der Waals surface area (Å²) in [6, 6.07) is 1.42. The summed E-state index contributed by atoms with van der Waals surface area (Å²) >= 11 is 15.3. The van der Waals surface area contributed by atoms with Crippen LogP contribution in [0.5, 0.6) is 0 Å². The number of methoxy groups -OCH3 is 1. The predicted molar refractivity (Wildman–Crippen MR) is 55.8 cm³/mol. The van der Waals surface area contributed by atoms with Gasteiger partial charge in [-0.2, -0.15) is 12.6 Å². The molecule has 0 aliphatic heterocycles. The maximum atomic E-state index is 11.1. The molecule has 14 heavy (non-hydrogen) atoms. The molecule has 0 N–H and O–H groups in total. The van der Waals surface area contributed by atoms with Crippen LogP contribution in [0.4, 0.5) is 0 Å².